The van der Waals surface area contributed by atoms with Crippen molar-refractivity contribution in [3.63, 3.8) is 0 Å². The molecule has 3 heterocycles. The summed E-state index contributed by atoms with van der Waals surface area (Å²) in [5.41, 5.74) is 3.06. The second-order valence-corrected chi connectivity index (χ2v) is 10.9. The summed E-state index contributed by atoms with van der Waals surface area (Å²) >= 11 is 0. The second kappa shape index (κ2) is 11.6. The molecule has 40 heavy (non-hydrogen) atoms. The smallest absolute Gasteiger partial charge is 0.434 e. The number of hydrogen-bond acceptors (Lipinski definition) is 6. The van der Waals surface area contributed by atoms with Gasteiger partial charge in [0.1, 0.15) is 0 Å². The Labute approximate surface area is 228 Å². The van der Waals surface area contributed by atoms with Crippen LogP contribution >= 0.6 is 0 Å². The van der Waals surface area contributed by atoms with Gasteiger partial charge in [-0.05, 0) is 56.3 Å². The first-order valence-electron chi connectivity index (χ1n) is 13.3. The van der Waals surface area contributed by atoms with Crippen molar-refractivity contribution in [1.82, 2.24) is 14.7 Å². The molecule has 0 aliphatic carbocycles. The van der Waals surface area contributed by atoms with Gasteiger partial charge in [0.15, 0.2) is 0 Å². The summed E-state index contributed by atoms with van der Waals surface area (Å²) in [5, 5.41) is 9.31. The zero-order chi connectivity index (χ0) is 29.3. The Bertz CT molecular complexity index is 1050. The van der Waals surface area contributed by atoms with Crippen LogP contribution in [0.5, 0.6) is 0 Å². The molecule has 4 rings (SSSR count). The Morgan fingerprint density at radius 1 is 0.950 bits per heavy atom. The molecule has 14 heteroatoms. The normalized spacial score (nSPS) is 20.9. The van der Waals surface area contributed by atoms with E-state index in [9.17, 15) is 41.0 Å². The Balaban J connectivity index is 1.36. The van der Waals surface area contributed by atoms with Gasteiger partial charge in [-0.3, -0.25) is 14.6 Å². The molecule has 1 N–H and O–H groups in total. The molecule has 1 aromatic rings. The maximum atomic E-state index is 12.8. The molecule has 224 valence electrons. The number of nitrogens with zero attached hydrogens (tertiary/aromatic N) is 4. The number of hydrogen-bond donors (Lipinski definition) is 1. The fraction of sp³-hybridized carbons (Fsp3) is 0.692. The Hall–Kier alpha value is -2.74. The third kappa shape index (κ3) is 6.93. The van der Waals surface area contributed by atoms with Gasteiger partial charge < -0.3 is 19.6 Å². The lowest BCUT2D eigenvalue weighted by Gasteiger charge is -2.46. The summed E-state index contributed by atoms with van der Waals surface area (Å²) in [5.74, 6) is -0.821. The van der Waals surface area contributed by atoms with Gasteiger partial charge in [-0.15, -0.1) is 0 Å². The highest BCUT2D eigenvalue weighted by molar-refractivity contribution is 5.69. The molecule has 0 bridgehead atoms. The number of piperidine rings is 1. The molecule has 3 fully saturated rings. The average Bonchev–Trinajstić information content (AvgIpc) is 3.23. The Morgan fingerprint density at radius 3 is 2.15 bits per heavy atom. The number of aryl methyl sites for hydroxylation is 1. The topological polar surface area (TPSA) is 76.6 Å². The summed E-state index contributed by atoms with van der Waals surface area (Å²) in [4.78, 5) is 30.7. The lowest BCUT2D eigenvalue weighted by Crippen LogP contribution is -2.53. The van der Waals surface area contributed by atoms with E-state index in [1.807, 2.05) is 24.0 Å². The van der Waals surface area contributed by atoms with E-state index in [-0.39, 0.29) is 38.3 Å². The number of likely N-dealkylation sites (tertiary alicyclic amines) is 1. The number of amides is 1. The van der Waals surface area contributed by atoms with Gasteiger partial charge in [-0.1, -0.05) is 12.1 Å². The number of benzene rings is 1. The van der Waals surface area contributed by atoms with Crippen LogP contribution in [-0.2, 0) is 16.1 Å². The minimum absolute atomic E-state index is 0.0439. The van der Waals surface area contributed by atoms with Crippen molar-refractivity contribution in [1.29, 1.82) is 0 Å². The van der Waals surface area contributed by atoms with Crippen LogP contribution in [0.4, 0.5) is 36.8 Å². The van der Waals surface area contributed by atoms with Gasteiger partial charge in [-0.2, -0.15) is 26.3 Å². The lowest BCUT2D eigenvalue weighted by molar-refractivity contribution is -0.308. The first-order valence-corrected chi connectivity index (χ1v) is 13.3. The molecule has 0 aromatic heterocycles. The van der Waals surface area contributed by atoms with Gasteiger partial charge in [0.25, 0.3) is 6.10 Å². The van der Waals surface area contributed by atoms with E-state index < -0.39 is 30.5 Å². The summed E-state index contributed by atoms with van der Waals surface area (Å²) in [6.07, 6.45) is -13.6. The van der Waals surface area contributed by atoms with Crippen LogP contribution in [-0.4, -0.2) is 108 Å². The largest absolute Gasteiger partial charge is 0.480 e. The van der Waals surface area contributed by atoms with Crippen LogP contribution in [0, 0.1) is 6.92 Å². The van der Waals surface area contributed by atoms with E-state index >= 15 is 0 Å². The molecule has 0 saturated carbocycles. The number of halogens is 6. The molecule has 0 atom stereocenters. The van der Waals surface area contributed by atoms with Crippen LogP contribution in [0.2, 0.25) is 0 Å². The quantitative estimate of drug-likeness (QED) is 0.504. The molecular formula is C26H34F6N4O4. The van der Waals surface area contributed by atoms with Crippen LogP contribution in [0.1, 0.15) is 36.8 Å². The number of carbonyl (C=O) groups excluding carboxylic acids is 1. The first-order chi connectivity index (χ1) is 18.7. The van der Waals surface area contributed by atoms with Crippen LogP contribution in [0.3, 0.4) is 0 Å². The number of piperazine rings is 1. The highest BCUT2D eigenvalue weighted by Gasteiger charge is 2.60. The van der Waals surface area contributed by atoms with Gasteiger partial charge in [0.05, 0.1) is 6.54 Å². The van der Waals surface area contributed by atoms with Gasteiger partial charge in [0.2, 0.25) is 0 Å². The zero-order valence-electron chi connectivity index (χ0n) is 22.2. The van der Waals surface area contributed by atoms with E-state index in [0.717, 1.165) is 67.0 Å². The van der Waals surface area contributed by atoms with E-state index in [1.54, 1.807) is 0 Å². The summed E-state index contributed by atoms with van der Waals surface area (Å²) in [6, 6.07) is 6.09. The minimum Gasteiger partial charge on any atom is -0.480 e. The molecule has 1 amide bonds. The first kappa shape index (κ1) is 30.2. The standard InChI is InChI=1S/C26H34F6N4O4/c1-18-3-4-19(20(15-18)34-9-6-24(7-10-34)5-2-8-36(24)17-21(37)38)16-33-11-13-35(14-12-33)23(39)40-22(25(27,28)29)26(30,31)32/h3-4,15,22H,2,5-14,16-17H2,1H3,(H,37,38). The molecular weight excluding hydrogens is 546 g/mol. The molecule has 1 spiro atoms. The van der Waals surface area contributed by atoms with Crippen molar-refractivity contribution in [3.05, 3.63) is 29.3 Å². The van der Waals surface area contributed by atoms with E-state index in [0.29, 0.717) is 6.54 Å². The van der Waals surface area contributed by atoms with Crippen molar-refractivity contribution in [3.8, 4) is 0 Å². The maximum Gasteiger partial charge on any atom is 0.434 e. The van der Waals surface area contributed by atoms with Gasteiger partial charge in [0, 0.05) is 57.0 Å². The number of carbonyl (C=O) groups is 2. The number of carboxylic acids is 1. The second-order valence-electron chi connectivity index (χ2n) is 10.9. The lowest BCUT2D eigenvalue weighted by atomic mass is 9.84. The molecule has 0 unspecified atom stereocenters. The predicted octanol–water partition coefficient (Wildman–Crippen LogP) is 4.26. The zero-order valence-corrected chi connectivity index (χ0v) is 22.2. The maximum absolute atomic E-state index is 12.8. The molecule has 0 radical (unpaired) electrons. The van der Waals surface area contributed by atoms with Gasteiger partial charge >= 0.3 is 24.4 Å². The summed E-state index contributed by atoms with van der Waals surface area (Å²) < 4.78 is 80.4. The van der Waals surface area contributed by atoms with E-state index in [2.05, 4.69) is 20.6 Å². The fourth-order valence-corrected chi connectivity index (χ4v) is 6.06. The third-order valence-electron chi connectivity index (χ3n) is 8.18. The van der Waals surface area contributed by atoms with E-state index in [1.165, 1.54) is 0 Å². The molecule has 1 aromatic carbocycles. The highest BCUT2D eigenvalue weighted by Crippen LogP contribution is 2.40. The van der Waals surface area contributed by atoms with Crippen LogP contribution in [0.15, 0.2) is 18.2 Å². The average molecular weight is 581 g/mol. The molecule has 3 saturated heterocycles. The van der Waals surface area contributed by atoms with Crippen molar-refractivity contribution in [2.24, 2.45) is 0 Å². The number of carboxylic acid groups (broad SMARTS) is 1. The van der Waals surface area contributed by atoms with Crippen molar-refractivity contribution >= 4 is 17.7 Å². The molecule has 3 aliphatic heterocycles. The van der Waals surface area contributed by atoms with Crippen LogP contribution in [0.25, 0.3) is 0 Å². The number of ether oxygens (including phenoxy) is 1. The van der Waals surface area contributed by atoms with Crippen LogP contribution < -0.4 is 4.90 Å². The fourth-order valence-electron chi connectivity index (χ4n) is 6.06. The predicted molar refractivity (Wildman–Crippen MR) is 133 cm³/mol. The third-order valence-corrected chi connectivity index (χ3v) is 8.18. The molecule has 8 nitrogen and oxygen atoms in total. The molecule has 3 aliphatic rings. The van der Waals surface area contributed by atoms with Crippen molar-refractivity contribution in [2.45, 2.75) is 63.1 Å². The van der Waals surface area contributed by atoms with Crippen molar-refractivity contribution < 1.29 is 45.8 Å². The summed E-state index contributed by atoms with van der Waals surface area (Å²) in [6.45, 7) is 5.26. The minimum atomic E-state index is -5.75. The number of alkyl halides is 6. The Kier molecular flexibility index (Phi) is 8.79. The number of aliphatic carboxylic acids is 1. The number of rotatable bonds is 6. The van der Waals surface area contributed by atoms with Crippen molar-refractivity contribution in [2.75, 3.05) is 57.3 Å². The highest BCUT2D eigenvalue weighted by atomic mass is 19.4. The van der Waals surface area contributed by atoms with Gasteiger partial charge in [-0.25, -0.2) is 4.79 Å². The monoisotopic (exact) mass is 580 g/mol. The SMILES string of the molecule is Cc1ccc(CN2CCN(C(=O)OC(C(F)(F)F)C(F)(F)F)CC2)c(N2CCC3(CCCN3CC(=O)O)CC2)c1. The Morgan fingerprint density at radius 2 is 1.57 bits per heavy atom. The number of anilines is 1. The van der Waals surface area contributed by atoms with E-state index in [4.69, 9.17) is 0 Å². The summed E-state index contributed by atoms with van der Waals surface area (Å²) in [7, 11) is 0.